The minimum atomic E-state index is -3.48. The molecular formula is C11H12F2N4O3. The van der Waals surface area contributed by atoms with Gasteiger partial charge in [-0.1, -0.05) is 0 Å². The average Bonchev–Trinajstić information content (AvgIpc) is 2.92. The maximum absolute atomic E-state index is 14.1. The number of rotatable bonds is 2. The van der Waals surface area contributed by atoms with Gasteiger partial charge in [-0.3, -0.25) is 10.1 Å². The van der Waals surface area contributed by atoms with E-state index in [1.54, 1.807) is 0 Å². The van der Waals surface area contributed by atoms with Crippen molar-refractivity contribution >= 4 is 11.0 Å². The Morgan fingerprint density at radius 3 is 2.80 bits per heavy atom. The Morgan fingerprint density at radius 2 is 2.15 bits per heavy atom. The van der Waals surface area contributed by atoms with E-state index in [1.165, 1.54) is 6.20 Å². The number of H-pyrrole nitrogens is 2. The summed E-state index contributed by atoms with van der Waals surface area (Å²) in [6, 6.07) is -2.67. The molecule has 0 aromatic carbocycles. The van der Waals surface area contributed by atoms with Gasteiger partial charge in [0.15, 0.2) is 0 Å². The summed E-state index contributed by atoms with van der Waals surface area (Å²) in [7, 11) is 0. The van der Waals surface area contributed by atoms with E-state index in [4.69, 9.17) is 5.11 Å². The summed E-state index contributed by atoms with van der Waals surface area (Å²) in [5.41, 5.74) is -0.202. The van der Waals surface area contributed by atoms with E-state index in [0.29, 0.717) is 0 Å². The van der Waals surface area contributed by atoms with Crippen LogP contribution in [0.4, 0.5) is 8.78 Å². The van der Waals surface area contributed by atoms with Crippen molar-refractivity contribution in [3.05, 3.63) is 28.4 Å². The molecule has 0 aliphatic carbocycles. The van der Waals surface area contributed by atoms with Crippen molar-refractivity contribution in [1.29, 1.82) is 0 Å². The molecule has 3 atom stereocenters. The lowest BCUT2D eigenvalue weighted by Crippen LogP contribution is -2.38. The molecule has 3 heterocycles. The second kappa shape index (κ2) is 4.33. The van der Waals surface area contributed by atoms with Crippen LogP contribution in [0.5, 0.6) is 0 Å². The molecule has 0 radical (unpaired) electrons. The normalized spacial score (nSPS) is 29.1. The van der Waals surface area contributed by atoms with E-state index in [0.717, 1.165) is 6.33 Å². The summed E-state index contributed by atoms with van der Waals surface area (Å²) in [6.45, 7) is -0.621. The Morgan fingerprint density at radius 1 is 1.40 bits per heavy atom. The third kappa shape index (κ3) is 1.67. The highest BCUT2D eigenvalue weighted by Gasteiger charge is 2.57. The summed E-state index contributed by atoms with van der Waals surface area (Å²) >= 11 is 0. The number of aliphatic hydroxyl groups is 2. The van der Waals surface area contributed by atoms with Crippen LogP contribution in [0.2, 0.25) is 0 Å². The van der Waals surface area contributed by atoms with Crippen molar-refractivity contribution in [3.8, 4) is 0 Å². The van der Waals surface area contributed by atoms with Crippen LogP contribution in [0.3, 0.4) is 0 Å². The van der Waals surface area contributed by atoms with Crippen LogP contribution in [0.15, 0.2) is 17.3 Å². The van der Waals surface area contributed by atoms with Crippen LogP contribution in [0.1, 0.15) is 11.6 Å². The molecule has 0 amide bonds. The van der Waals surface area contributed by atoms with Crippen molar-refractivity contribution in [2.24, 2.45) is 0 Å². The molecule has 108 valence electrons. The van der Waals surface area contributed by atoms with Gasteiger partial charge in [-0.05, 0) is 0 Å². The van der Waals surface area contributed by atoms with Gasteiger partial charge < -0.3 is 20.2 Å². The first-order valence-corrected chi connectivity index (χ1v) is 5.94. The number of aromatic nitrogens is 3. The van der Waals surface area contributed by atoms with Crippen molar-refractivity contribution in [2.45, 2.75) is 24.1 Å². The molecule has 5 N–H and O–H groups in total. The zero-order chi connectivity index (χ0) is 14.5. The predicted octanol–water partition coefficient (Wildman–Crippen LogP) is -0.747. The van der Waals surface area contributed by atoms with Gasteiger partial charge in [0.05, 0.1) is 19.0 Å². The van der Waals surface area contributed by atoms with Gasteiger partial charge in [-0.25, -0.2) is 13.8 Å². The Kier molecular flexibility index (Phi) is 2.85. The second-order valence-electron chi connectivity index (χ2n) is 4.71. The minimum absolute atomic E-state index is 0.0751. The topological polar surface area (TPSA) is 114 Å². The van der Waals surface area contributed by atoms with E-state index in [2.05, 4.69) is 20.3 Å². The monoisotopic (exact) mass is 286 g/mol. The summed E-state index contributed by atoms with van der Waals surface area (Å²) < 4.78 is 28.2. The number of aliphatic hydroxyl groups excluding tert-OH is 2. The molecule has 20 heavy (non-hydrogen) atoms. The Labute approximate surface area is 110 Å². The van der Waals surface area contributed by atoms with Crippen molar-refractivity contribution in [1.82, 2.24) is 20.3 Å². The Hall–Kier alpha value is -1.84. The zero-order valence-electron chi connectivity index (χ0n) is 10.1. The molecule has 1 saturated heterocycles. The van der Waals surface area contributed by atoms with Crippen molar-refractivity contribution in [2.75, 3.05) is 6.61 Å². The molecular weight excluding hydrogens is 274 g/mol. The fourth-order valence-corrected chi connectivity index (χ4v) is 2.50. The molecule has 0 spiro atoms. The first-order valence-electron chi connectivity index (χ1n) is 5.94. The Bertz CT molecular complexity index is 698. The van der Waals surface area contributed by atoms with Crippen molar-refractivity contribution in [3.63, 3.8) is 0 Å². The quantitative estimate of drug-likeness (QED) is 0.498. The third-order valence-corrected chi connectivity index (χ3v) is 3.55. The van der Waals surface area contributed by atoms with Crippen LogP contribution >= 0.6 is 0 Å². The maximum atomic E-state index is 14.1. The SMILES string of the molecule is O=c1[nH]cnc2c([C@@H]3NC(CO)[C@@H](O)C3(F)F)c[nH]c12. The van der Waals surface area contributed by atoms with E-state index in [9.17, 15) is 18.7 Å². The highest BCUT2D eigenvalue weighted by Crippen LogP contribution is 2.42. The van der Waals surface area contributed by atoms with Gasteiger partial charge in [-0.15, -0.1) is 0 Å². The number of halogens is 2. The first-order chi connectivity index (χ1) is 9.46. The maximum Gasteiger partial charge on any atom is 0.294 e. The van der Waals surface area contributed by atoms with E-state index in [-0.39, 0.29) is 16.6 Å². The van der Waals surface area contributed by atoms with Gasteiger partial charge in [-0.2, -0.15) is 0 Å². The molecule has 3 rings (SSSR count). The van der Waals surface area contributed by atoms with Gasteiger partial charge >= 0.3 is 0 Å². The van der Waals surface area contributed by atoms with E-state index < -0.39 is 36.3 Å². The highest BCUT2D eigenvalue weighted by molar-refractivity contribution is 5.78. The molecule has 0 saturated carbocycles. The molecule has 1 aliphatic rings. The van der Waals surface area contributed by atoms with Crippen LogP contribution in [0, 0.1) is 0 Å². The van der Waals surface area contributed by atoms with E-state index in [1.807, 2.05) is 0 Å². The number of hydrogen-bond donors (Lipinski definition) is 5. The van der Waals surface area contributed by atoms with Crippen LogP contribution in [-0.4, -0.2) is 49.8 Å². The number of fused-ring (bicyclic) bond motifs is 1. The zero-order valence-corrected chi connectivity index (χ0v) is 10.1. The molecule has 1 unspecified atom stereocenters. The second-order valence-corrected chi connectivity index (χ2v) is 4.71. The lowest BCUT2D eigenvalue weighted by molar-refractivity contribution is -0.103. The molecule has 1 aliphatic heterocycles. The Balaban J connectivity index is 2.12. The third-order valence-electron chi connectivity index (χ3n) is 3.55. The number of aromatic amines is 2. The smallest absolute Gasteiger partial charge is 0.294 e. The van der Waals surface area contributed by atoms with Gasteiger partial charge in [0.2, 0.25) is 0 Å². The number of nitrogens with one attached hydrogen (secondary N) is 3. The molecule has 2 aromatic rings. The predicted molar refractivity (Wildman–Crippen MR) is 64.4 cm³/mol. The summed E-state index contributed by atoms with van der Waals surface area (Å²) in [4.78, 5) is 20.3. The van der Waals surface area contributed by atoms with Gasteiger partial charge in [0.1, 0.15) is 23.2 Å². The van der Waals surface area contributed by atoms with Crippen LogP contribution in [0.25, 0.3) is 11.0 Å². The lowest BCUT2D eigenvalue weighted by Gasteiger charge is -2.20. The van der Waals surface area contributed by atoms with E-state index >= 15 is 0 Å². The fourth-order valence-electron chi connectivity index (χ4n) is 2.50. The molecule has 0 bridgehead atoms. The molecule has 1 fully saturated rings. The summed E-state index contributed by atoms with van der Waals surface area (Å²) in [5.74, 6) is -3.48. The van der Waals surface area contributed by atoms with Crippen LogP contribution < -0.4 is 10.9 Å². The summed E-state index contributed by atoms with van der Waals surface area (Å²) in [5, 5.41) is 21.0. The number of nitrogens with zero attached hydrogens (tertiary/aromatic N) is 1. The van der Waals surface area contributed by atoms with Crippen molar-refractivity contribution < 1.29 is 19.0 Å². The van der Waals surface area contributed by atoms with Gasteiger partial charge in [0.25, 0.3) is 11.5 Å². The molecule has 9 heteroatoms. The highest BCUT2D eigenvalue weighted by atomic mass is 19.3. The number of alkyl halides is 2. The largest absolute Gasteiger partial charge is 0.395 e. The average molecular weight is 286 g/mol. The fraction of sp³-hybridized carbons (Fsp3) is 0.455. The molecule has 2 aromatic heterocycles. The number of hydrogen-bond acceptors (Lipinski definition) is 5. The van der Waals surface area contributed by atoms with Crippen LogP contribution in [-0.2, 0) is 0 Å². The summed E-state index contributed by atoms with van der Waals surface area (Å²) in [6.07, 6.45) is 0.365. The lowest BCUT2D eigenvalue weighted by atomic mass is 10.0. The minimum Gasteiger partial charge on any atom is -0.395 e. The first kappa shape index (κ1) is 13.2. The standard InChI is InChI=1S/C11H12F2N4O3/c12-11(13)8(17-5(2-18)9(11)19)4-1-14-7-6(4)15-3-16-10(7)20/h1,3,5,8-9,14,17-19H,2H2,(H,15,16,20)/t5?,8-,9+/m0/s1. The van der Waals surface area contributed by atoms with Gasteiger partial charge in [0, 0.05) is 11.8 Å². The molecule has 7 nitrogen and oxygen atoms in total.